The van der Waals surface area contributed by atoms with Crippen molar-refractivity contribution in [3.05, 3.63) is 54.1 Å². The molecule has 0 amide bonds. The first kappa shape index (κ1) is 11.5. The van der Waals surface area contributed by atoms with Gasteiger partial charge in [0.15, 0.2) is 11.5 Å². The molecule has 0 atom stereocenters. The maximum Gasteiger partial charge on any atom is 0.177 e. The highest BCUT2D eigenvalue weighted by molar-refractivity contribution is 5.47. The van der Waals surface area contributed by atoms with Crippen LogP contribution in [-0.4, -0.2) is 14.6 Å². The van der Waals surface area contributed by atoms with Crippen molar-refractivity contribution in [2.24, 2.45) is 0 Å². The van der Waals surface area contributed by atoms with Crippen LogP contribution in [0.25, 0.3) is 5.65 Å². The number of rotatable bonds is 3. The van der Waals surface area contributed by atoms with E-state index in [9.17, 15) is 4.39 Å². The van der Waals surface area contributed by atoms with E-state index in [0.29, 0.717) is 23.0 Å². The van der Waals surface area contributed by atoms with Crippen LogP contribution in [0, 0.1) is 5.82 Å². The van der Waals surface area contributed by atoms with E-state index in [1.165, 1.54) is 12.1 Å². The van der Waals surface area contributed by atoms with Crippen LogP contribution in [0.5, 0.6) is 5.75 Å². The van der Waals surface area contributed by atoms with E-state index < -0.39 is 0 Å². The molecule has 0 saturated carbocycles. The summed E-state index contributed by atoms with van der Waals surface area (Å²) in [5.41, 5.74) is 6.53. The van der Waals surface area contributed by atoms with Gasteiger partial charge in [-0.1, -0.05) is 6.07 Å². The van der Waals surface area contributed by atoms with Crippen molar-refractivity contribution in [1.29, 1.82) is 0 Å². The van der Waals surface area contributed by atoms with Gasteiger partial charge in [0, 0.05) is 0 Å². The van der Waals surface area contributed by atoms with E-state index in [2.05, 4.69) is 10.2 Å². The van der Waals surface area contributed by atoms with E-state index in [1.54, 1.807) is 22.6 Å². The first-order chi connectivity index (χ1) is 9.24. The molecule has 0 fully saturated rings. The number of nitrogens with two attached hydrogens (primary N) is 1. The average Bonchev–Trinajstić information content (AvgIpc) is 2.83. The molecule has 6 heteroatoms. The van der Waals surface area contributed by atoms with E-state index in [1.807, 2.05) is 12.1 Å². The van der Waals surface area contributed by atoms with Gasteiger partial charge in [-0.2, -0.15) is 0 Å². The van der Waals surface area contributed by atoms with Crippen molar-refractivity contribution in [3.8, 4) is 5.75 Å². The third-order valence-electron chi connectivity index (χ3n) is 2.71. The Labute approximate surface area is 108 Å². The lowest BCUT2D eigenvalue weighted by molar-refractivity contribution is 0.294. The number of nitrogens with zero attached hydrogens (tertiary/aromatic N) is 3. The highest BCUT2D eigenvalue weighted by Gasteiger charge is 2.08. The number of aromatic nitrogens is 3. The molecule has 0 bridgehead atoms. The monoisotopic (exact) mass is 258 g/mol. The van der Waals surface area contributed by atoms with Gasteiger partial charge in [-0.05, 0) is 36.4 Å². The van der Waals surface area contributed by atoms with Gasteiger partial charge < -0.3 is 10.5 Å². The molecule has 0 radical (unpaired) electrons. The Morgan fingerprint density at radius 2 is 1.89 bits per heavy atom. The molecule has 0 spiro atoms. The molecule has 19 heavy (non-hydrogen) atoms. The number of hydrogen-bond acceptors (Lipinski definition) is 4. The largest absolute Gasteiger partial charge is 0.486 e. The predicted molar refractivity (Wildman–Crippen MR) is 68.1 cm³/mol. The molecule has 2 aromatic heterocycles. The van der Waals surface area contributed by atoms with Gasteiger partial charge in [0.05, 0.1) is 0 Å². The predicted octanol–water partition coefficient (Wildman–Crippen LogP) is 2.03. The third-order valence-corrected chi connectivity index (χ3v) is 2.71. The first-order valence-corrected chi connectivity index (χ1v) is 5.71. The number of halogens is 1. The maximum absolute atomic E-state index is 12.8. The zero-order valence-corrected chi connectivity index (χ0v) is 9.95. The fraction of sp³-hybridized carbons (Fsp3) is 0.0769. The van der Waals surface area contributed by atoms with Gasteiger partial charge in [0.2, 0.25) is 0 Å². The van der Waals surface area contributed by atoms with Gasteiger partial charge in [0.25, 0.3) is 0 Å². The molecular weight excluding hydrogens is 247 g/mol. The molecule has 0 aliphatic heterocycles. The van der Waals surface area contributed by atoms with Crippen LogP contribution >= 0.6 is 0 Å². The quantitative estimate of drug-likeness (QED) is 0.780. The number of nitrogen functional groups attached to an aromatic ring is 1. The van der Waals surface area contributed by atoms with Gasteiger partial charge in [-0.15, -0.1) is 10.2 Å². The molecule has 2 heterocycles. The van der Waals surface area contributed by atoms with Crippen molar-refractivity contribution in [3.63, 3.8) is 0 Å². The Hall–Kier alpha value is -2.63. The van der Waals surface area contributed by atoms with E-state index in [-0.39, 0.29) is 12.4 Å². The number of benzene rings is 1. The molecule has 3 rings (SSSR count). The maximum atomic E-state index is 12.8. The van der Waals surface area contributed by atoms with Crippen LogP contribution < -0.4 is 10.5 Å². The molecule has 0 aliphatic carbocycles. The van der Waals surface area contributed by atoms with E-state index in [0.717, 1.165) is 0 Å². The summed E-state index contributed by atoms with van der Waals surface area (Å²) in [5, 5.41) is 8.02. The molecule has 2 N–H and O–H groups in total. The summed E-state index contributed by atoms with van der Waals surface area (Å²) < 4.78 is 20.0. The summed E-state index contributed by atoms with van der Waals surface area (Å²) >= 11 is 0. The molecule has 5 nitrogen and oxygen atoms in total. The lowest BCUT2D eigenvalue weighted by Gasteiger charge is -2.06. The highest BCUT2D eigenvalue weighted by atomic mass is 19.1. The number of ether oxygens (including phenoxy) is 1. The Morgan fingerprint density at radius 3 is 2.68 bits per heavy atom. The Bertz CT molecular complexity index is 708. The number of fused-ring (bicyclic) bond motifs is 1. The number of hydrogen-bond donors (Lipinski definition) is 1. The second-order valence-electron chi connectivity index (χ2n) is 4.00. The van der Waals surface area contributed by atoms with Gasteiger partial charge in [0.1, 0.15) is 24.0 Å². The van der Waals surface area contributed by atoms with Crippen molar-refractivity contribution in [2.75, 3.05) is 5.73 Å². The van der Waals surface area contributed by atoms with Crippen LogP contribution in [-0.2, 0) is 6.61 Å². The van der Waals surface area contributed by atoms with Crippen molar-refractivity contribution in [2.45, 2.75) is 6.61 Å². The average molecular weight is 258 g/mol. The molecular formula is C13H11FN4O. The number of pyridine rings is 1. The minimum Gasteiger partial charge on any atom is -0.486 e. The number of anilines is 1. The van der Waals surface area contributed by atoms with E-state index >= 15 is 0 Å². The smallest absolute Gasteiger partial charge is 0.177 e. The van der Waals surface area contributed by atoms with Crippen LogP contribution in [0.15, 0.2) is 42.5 Å². The second kappa shape index (κ2) is 4.56. The molecule has 3 aromatic rings. The molecule has 1 aromatic carbocycles. The standard InChI is InChI=1S/C13H11FN4O/c14-9-4-6-10(7-5-9)19-8-13-17-16-12-3-1-2-11(15)18(12)13/h1-7H,8,15H2. The third kappa shape index (κ3) is 2.20. The van der Waals surface area contributed by atoms with Crippen LogP contribution in [0.1, 0.15) is 5.82 Å². The zero-order valence-electron chi connectivity index (χ0n) is 9.95. The molecule has 0 aliphatic rings. The Morgan fingerprint density at radius 1 is 1.11 bits per heavy atom. The summed E-state index contributed by atoms with van der Waals surface area (Å²) in [6.45, 7) is 0.209. The minimum atomic E-state index is -0.301. The summed E-state index contributed by atoms with van der Waals surface area (Å²) in [6.07, 6.45) is 0. The fourth-order valence-electron chi connectivity index (χ4n) is 1.80. The highest BCUT2D eigenvalue weighted by Crippen LogP contribution is 2.15. The summed E-state index contributed by atoms with van der Waals surface area (Å²) in [5.74, 6) is 1.40. The summed E-state index contributed by atoms with van der Waals surface area (Å²) in [7, 11) is 0. The first-order valence-electron chi connectivity index (χ1n) is 5.71. The summed E-state index contributed by atoms with van der Waals surface area (Å²) in [6, 6.07) is 11.2. The fourth-order valence-corrected chi connectivity index (χ4v) is 1.80. The second-order valence-corrected chi connectivity index (χ2v) is 4.00. The van der Waals surface area contributed by atoms with Gasteiger partial charge in [-0.25, -0.2) is 4.39 Å². The molecule has 0 unspecified atom stereocenters. The lowest BCUT2D eigenvalue weighted by Crippen LogP contribution is -2.04. The van der Waals surface area contributed by atoms with Gasteiger partial charge >= 0.3 is 0 Å². The van der Waals surface area contributed by atoms with Crippen molar-refractivity contribution < 1.29 is 9.13 Å². The molecule has 96 valence electrons. The van der Waals surface area contributed by atoms with Crippen molar-refractivity contribution >= 4 is 11.5 Å². The normalized spacial score (nSPS) is 10.8. The van der Waals surface area contributed by atoms with Crippen LogP contribution in [0.2, 0.25) is 0 Å². The Balaban J connectivity index is 1.84. The lowest BCUT2D eigenvalue weighted by atomic mass is 10.3. The summed E-state index contributed by atoms with van der Waals surface area (Å²) in [4.78, 5) is 0. The van der Waals surface area contributed by atoms with E-state index in [4.69, 9.17) is 10.5 Å². The topological polar surface area (TPSA) is 65.4 Å². The zero-order chi connectivity index (χ0) is 13.2. The Kier molecular flexibility index (Phi) is 2.75. The van der Waals surface area contributed by atoms with Gasteiger partial charge in [-0.3, -0.25) is 4.40 Å². The SMILES string of the molecule is Nc1cccc2nnc(COc3ccc(F)cc3)n12. The minimum absolute atomic E-state index is 0.209. The van der Waals surface area contributed by atoms with Crippen molar-refractivity contribution in [1.82, 2.24) is 14.6 Å². The molecule has 0 saturated heterocycles. The van der Waals surface area contributed by atoms with Crippen LogP contribution in [0.3, 0.4) is 0 Å². The van der Waals surface area contributed by atoms with Crippen LogP contribution in [0.4, 0.5) is 10.2 Å².